The number of hydrogen-bond acceptors (Lipinski definition) is 5. The van der Waals surface area contributed by atoms with Crippen molar-refractivity contribution in [1.29, 1.82) is 0 Å². The van der Waals surface area contributed by atoms with Crippen LogP contribution in [0.1, 0.15) is 15.9 Å². The van der Waals surface area contributed by atoms with Crippen molar-refractivity contribution in [2.75, 3.05) is 0 Å². The molecule has 20 heavy (non-hydrogen) atoms. The van der Waals surface area contributed by atoms with Crippen LogP contribution in [0.15, 0.2) is 47.6 Å². The molecule has 2 aromatic carbocycles. The first-order valence-corrected chi connectivity index (χ1v) is 5.71. The lowest BCUT2D eigenvalue weighted by molar-refractivity contribution is 0.0952. The largest absolute Gasteiger partial charge is 0.508 e. The highest BCUT2D eigenvalue weighted by Gasteiger charge is 2.10. The molecule has 6 nitrogen and oxygen atoms in total. The summed E-state index contributed by atoms with van der Waals surface area (Å²) in [6.45, 7) is 0. The average molecular weight is 272 g/mol. The quantitative estimate of drug-likeness (QED) is 0.503. The predicted octanol–water partition coefficient (Wildman–Crippen LogP) is 1.57. The van der Waals surface area contributed by atoms with Crippen LogP contribution in [0.3, 0.4) is 0 Å². The molecule has 0 atom stereocenters. The molecule has 0 fully saturated rings. The summed E-state index contributed by atoms with van der Waals surface area (Å²) >= 11 is 0. The summed E-state index contributed by atoms with van der Waals surface area (Å²) in [6.07, 6.45) is 1.28. The van der Waals surface area contributed by atoms with E-state index in [-0.39, 0.29) is 22.8 Å². The fourth-order valence-corrected chi connectivity index (χ4v) is 1.53. The van der Waals surface area contributed by atoms with Crippen molar-refractivity contribution in [3.05, 3.63) is 53.6 Å². The Morgan fingerprint density at radius 3 is 2.50 bits per heavy atom. The number of hydrogen-bond donors (Lipinski definition) is 4. The van der Waals surface area contributed by atoms with E-state index in [1.165, 1.54) is 24.4 Å². The number of aromatic hydroxyl groups is 3. The van der Waals surface area contributed by atoms with Gasteiger partial charge in [-0.15, -0.1) is 0 Å². The fourth-order valence-electron chi connectivity index (χ4n) is 1.53. The minimum Gasteiger partial charge on any atom is -0.508 e. The van der Waals surface area contributed by atoms with E-state index in [1.54, 1.807) is 18.2 Å². The second kappa shape index (κ2) is 5.75. The molecule has 0 aliphatic rings. The highest BCUT2D eigenvalue weighted by molar-refractivity contribution is 5.97. The van der Waals surface area contributed by atoms with Crippen LogP contribution in [0.5, 0.6) is 17.2 Å². The summed E-state index contributed by atoms with van der Waals surface area (Å²) in [4.78, 5) is 11.7. The maximum atomic E-state index is 11.7. The van der Waals surface area contributed by atoms with Crippen molar-refractivity contribution in [3.63, 3.8) is 0 Å². The van der Waals surface area contributed by atoms with Crippen molar-refractivity contribution in [1.82, 2.24) is 5.43 Å². The third-order valence-electron chi connectivity index (χ3n) is 2.53. The summed E-state index contributed by atoms with van der Waals surface area (Å²) in [5, 5.41) is 31.8. The van der Waals surface area contributed by atoms with Gasteiger partial charge >= 0.3 is 0 Å². The first-order chi connectivity index (χ1) is 9.58. The normalized spacial score (nSPS) is 10.6. The maximum Gasteiger partial charge on any atom is 0.275 e. The molecule has 102 valence electrons. The molecule has 0 heterocycles. The third kappa shape index (κ3) is 3.05. The number of nitrogens with one attached hydrogen (secondary N) is 1. The summed E-state index contributed by atoms with van der Waals surface area (Å²) in [5.41, 5.74) is 2.64. The number of phenols is 3. The number of hydrazone groups is 1. The molecule has 1 amide bonds. The molecular formula is C14H12N2O4. The van der Waals surface area contributed by atoms with Gasteiger partial charge in [0, 0.05) is 11.6 Å². The van der Waals surface area contributed by atoms with Crippen LogP contribution >= 0.6 is 0 Å². The molecule has 0 radical (unpaired) electrons. The SMILES string of the molecule is O=C(NN=Cc1ccccc1O)c1ccc(O)cc1O. The zero-order chi connectivity index (χ0) is 14.5. The fraction of sp³-hybridized carbons (Fsp3) is 0. The van der Waals surface area contributed by atoms with Crippen molar-refractivity contribution in [2.45, 2.75) is 0 Å². The summed E-state index contributed by atoms with van der Waals surface area (Å²) < 4.78 is 0. The number of amides is 1. The number of benzene rings is 2. The van der Waals surface area contributed by atoms with Gasteiger partial charge in [0.2, 0.25) is 0 Å². The van der Waals surface area contributed by atoms with Gasteiger partial charge in [0.25, 0.3) is 5.91 Å². The number of rotatable bonds is 3. The Hall–Kier alpha value is -3.02. The average Bonchev–Trinajstić information content (AvgIpc) is 2.40. The first kappa shape index (κ1) is 13.4. The van der Waals surface area contributed by atoms with E-state index in [0.29, 0.717) is 5.56 Å². The van der Waals surface area contributed by atoms with Gasteiger partial charge in [0.05, 0.1) is 11.8 Å². The van der Waals surface area contributed by atoms with Crippen LogP contribution in [0.2, 0.25) is 0 Å². The molecule has 6 heteroatoms. The lowest BCUT2D eigenvalue weighted by atomic mass is 10.2. The highest BCUT2D eigenvalue weighted by atomic mass is 16.3. The van der Waals surface area contributed by atoms with E-state index >= 15 is 0 Å². The first-order valence-electron chi connectivity index (χ1n) is 5.71. The molecule has 0 unspecified atom stereocenters. The van der Waals surface area contributed by atoms with Gasteiger partial charge in [-0.25, -0.2) is 5.43 Å². The lowest BCUT2D eigenvalue weighted by Gasteiger charge is -2.03. The zero-order valence-corrected chi connectivity index (χ0v) is 10.3. The van der Waals surface area contributed by atoms with Gasteiger partial charge in [0.15, 0.2) is 0 Å². The van der Waals surface area contributed by atoms with E-state index in [0.717, 1.165) is 6.07 Å². The molecule has 0 aliphatic carbocycles. The summed E-state index contributed by atoms with van der Waals surface area (Å²) in [7, 11) is 0. The molecule has 0 spiro atoms. The van der Waals surface area contributed by atoms with E-state index in [1.807, 2.05) is 0 Å². The van der Waals surface area contributed by atoms with Gasteiger partial charge in [0.1, 0.15) is 17.2 Å². The van der Waals surface area contributed by atoms with E-state index in [4.69, 9.17) is 5.11 Å². The molecule has 0 aromatic heterocycles. The van der Waals surface area contributed by atoms with Crippen molar-refractivity contribution in [2.24, 2.45) is 5.10 Å². The monoisotopic (exact) mass is 272 g/mol. The smallest absolute Gasteiger partial charge is 0.275 e. The Labute approximate surface area is 114 Å². The third-order valence-corrected chi connectivity index (χ3v) is 2.53. The molecule has 0 bridgehead atoms. The van der Waals surface area contributed by atoms with Crippen LogP contribution in [0.25, 0.3) is 0 Å². The molecule has 0 saturated carbocycles. The number of carbonyl (C=O) groups excluding carboxylic acids is 1. The van der Waals surface area contributed by atoms with Crippen molar-refractivity contribution >= 4 is 12.1 Å². The minimum atomic E-state index is -0.630. The number of para-hydroxylation sites is 1. The van der Waals surface area contributed by atoms with Crippen LogP contribution in [-0.2, 0) is 0 Å². The van der Waals surface area contributed by atoms with Crippen LogP contribution in [-0.4, -0.2) is 27.4 Å². The highest BCUT2D eigenvalue weighted by Crippen LogP contribution is 2.22. The van der Waals surface area contributed by atoms with E-state index in [9.17, 15) is 15.0 Å². The van der Waals surface area contributed by atoms with Gasteiger partial charge in [-0.3, -0.25) is 4.79 Å². The molecule has 0 aliphatic heterocycles. The maximum absolute atomic E-state index is 11.7. The topological polar surface area (TPSA) is 102 Å². The Balaban J connectivity index is 2.07. The van der Waals surface area contributed by atoms with Crippen LogP contribution in [0, 0.1) is 0 Å². The molecule has 2 aromatic rings. The number of carbonyl (C=O) groups is 1. The molecule has 4 N–H and O–H groups in total. The molecule has 0 saturated heterocycles. The molecule has 2 rings (SSSR count). The van der Waals surface area contributed by atoms with Gasteiger partial charge in [-0.05, 0) is 24.3 Å². The predicted molar refractivity (Wildman–Crippen MR) is 72.9 cm³/mol. The Kier molecular flexibility index (Phi) is 3.85. The number of nitrogens with zero attached hydrogens (tertiary/aromatic N) is 1. The van der Waals surface area contributed by atoms with Crippen LogP contribution < -0.4 is 5.43 Å². The second-order valence-corrected chi connectivity index (χ2v) is 3.96. The van der Waals surface area contributed by atoms with Crippen LogP contribution in [0.4, 0.5) is 0 Å². The molecular weight excluding hydrogens is 260 g/mol. The Morgan fingerprint density at radius 1 is 1.05 bits per heavy atom. The Morgan fingerprint density at radius 2 is 1.80 bits per heavy atom. The van der Waals surface area contributed by atoms with Gasteiger partial charge in [-0.1, -0.05) is 12.1 Å². The minimum absolute atomic E-state index is 0.0165. The van der Waals surface area contributed by atoms with Crippen molar-refractivity contribution in [3.8, 4) is 17.2 Å². The Bertz CT molecular complexity index is 668. The standard InChI is InChI=1S/C14H12N2O4/c17-10-5-6-11(13(19)7-10)14(20)16-15-8-9-3-1-2-4-12(9)18/h1-8,17-19H,(H,16,20). The summed E-state index contributed by atoms with van der Waals surface area (Å²) in [5.74, 6) is -1.08. The van der Waals surface area contributed by atoms with E-state index < -0.39 is 5.91 Å². The van der Waals surface area contributed by atoms with Crippen molar-refractivity contribution < 1.29 is 20.1 Å². The lowest BCUT2D eigenvalue weighted by Crippen LogP contribution is -2.17. The number of phenolic OH excluding ortho intramolecular Hbond substituents is 3. The van der Waals surface area contributed by atoms with Gasteiger partial charge in [-0.2, -0.15) is 5.10 Å². The second-order valence-electron chi connectivity index (χ2n) is 3.96. The van der Waals surface area contributed by atoms with E-state index in [2.05, 4.69) is 10.5 Å². The summed E-state index contributed by atoms with van der Waals surface area (Å²) in [6, 6.07) is 10.1. The van der Waals surface area contributed by atoms with Gasteiger partial charge < -0.3 is 15.3 Å². The zero-order valence-electron chi connectivity index (χ0n) is 10.3.